The van der Waals surface area contributed by atoms with Crippen LogP contribution in [0.2, 0.25) is 0 Å². The predicted molar refractivity (Wildman–Crippen MR) is 32.6 cm³/mol. The van der Waals surface area contributed by atoms with Gasteiger partial charge in [-0.2, -0.15) is 0 Å². The Balaban J connectivity index is 2.74. The number of hydrogen-bond acceptors (Lipinski definition) is 3. The van der Waals surface area contributed by atoms with Crippen LogP contribution in [0.25, 0.3) is 0 Å². The maximum absolute atomic E-state index is 10.1. The van der Waals surface area contributed by atoms with Crippen LogP contribution in [0.15, 0.2) is 10.7 Å². The molecule has 0 aliphatic heterocycles. The Kier molecular flexibility index (Phi) is 1.71. The van der Waals surface area contributed by atoms with Crippen LogP contribution >= 0.6 is 0 Å². The number of aromatic nitrogens is 1. The average Bonchev–Trinajstić information content (AvgIpc) is 2.15. The summed E-state index contributed by atoms with van der Waals surface area (Å²) in [6.07, 6.45) is 1.40. The van der Waals surface area contributed by atoms with Gasteiger partial charge in [0.15, 0.2) is 0 Å². The van der Waals surface area contributed by atoms with Crippen LogP contribution in [0, 0.1) is 6.92 Å². The monoisotopic (exact) mass is 141 g/mol. The molecule has 4 nitrogen and oxygen atoms in total. The van der Waals surface area contributed by atoms with E-state index in [1.165, 1.54) is 6.20 Å². The second kappa shape index (κ2) is 2.51. The fraction of sp³-hybridized carbons (Fsp3) is 0.333. The maximum Gasteiger partial charge on any atom is 0.308 e. The highest BCUT2D eigenvalue weighted by Gasteiger charge is 2.06. The first-order valence-electron chi connectivity index (χ1n) is 2.82. The molecule has 0 aromatic carbocycles. The van der Waals surface area contributed by atoms with Gasteiger partial charge in [0.2, 0.25) is 0 Å². The summed E-state index contributed by atoms with van der Waals surface area (Å²) in [4.78, 5) is 10.1. The minimum absolute atomic E-state index is 0.0185. The largest absolute Gasteiger partial charge is 0.481 e. The molecule has 54 valence electrons. The molecular formula is C6H7NO3. The van der Waals surface area contributed by atoms with E-state index in [1.54, 1.807) is 6.92 Å². The second-order valence-corrected chi connectivity index (χ2v) is 1.98. The molecule has 0 bridgehead atoms. The van der Waals surface area contributed by atoms with Crippen molar-refractivity contribution < 1.29 is 14.4 Å². The number of carboxylic acid groups (broad SMARTS) is 1. The Morgan fingerprint density at radius 1 is 1.90 bits per heavy atom. The predicted octanol–water partition coefficient (Wildman–Crippen LogP) is 0.610. The number of carbonyl (C=O) groups is 1. The molecule has 0 saturated heterocycles. The lowest BCUT2D eigenvalue weighted by Gasteiger charge is -1.88. The first-order chi connectivity index (χ1) is 4.70. The zero-order valence-corrected chi connectivity index (χ0v) is 5.50. The lowest BCUT2D eigenvalue weighted by atomic mass is 10.2. The van der Waals surface area contributed by atoms with E-state index in [0.717, 1.165) is 0 Å². The van der Waals surface area contributed by atoms with E-state index in [4.69, 9.17) is 5.11 Å². The molecule has 1 rings (SSSR count). The summed E-state index contributed by atoms with van der Waals surface area (Å²) >= 11 is 0. The van der Waals surface area contributed by atoms with E-state index < -0.39 is 5.97 Å². The van der Waals surface area contributed by atoms with Crippen molar-refractivity contribution in [1.82, 2.24) is 5.16 Å². The number of aliphatic carboxylic acids is 1. The van der Waals surface area contributed by atoms with Gasteiger partial charge in [-0.3, -0.25) is 4.79 Å². The first-order valence-corrected chi connectivity index (χ1v) is 2.82. The molecule has 0 fully saturated rings. The van der Waals surface area contributed by atoms with Gasteiger partial charge in [-0.25, -0.2) is 0 Å². The molecule has 0 amide bonds. The van der Waals surface area contributed by atoms with Gasteiger partial charge in [-0.15, -0.1) is 0 Å². The van der Waals surface area contributed by atoms with Crippen molar-refractivity contribution in [2.75, 3.05) is 0 Å². The highest BCUT2D eigenvalue weighted by Crippen LogP contribution is 2.05. The SMILES string of the molecule is Cc1oncc1CC(=O)O. The third-order valence-corrected chi connectivity index (χ3v) is 1.19. The van der Waals surface area contributed by atoms with Gasteiger partial charge >= 0.3 is 5.97 Å². The molecular weight excluding hydrogens is 134 g/mol. The Labute approximate surface area is 57.4 Å². The van der Waals surface area contributed by atoms with Gasteiger partial charge < -0.3 is 9.63 Å². The quantitative estimate of drug-likeness (QED) is 0.655. The Bertz CT molecular complexity index is 241. The zero-order valence-electron chi connectivity index (χ0n) is 5.50. The number of nitrogens with zero attached hydrogens (tertiary/aromatic N) is 1. The maximum atomic E-state index is 10.1. The standard InChI is InChI=1S/C6H7NO3/c1-4-5(2-6(8)9)3-7-10-4/h3H,2H2,1H3,(H,8,9). The summed E-state index contributed by atoms with van der Waals surface area (Å²) in [5.41, 5.74) is 0.632. The Hall–Kier alpha value is -1.32. The third-order valence-electron chi connectivity index (χ3n) is 1.19. The van der Waals surface area contributed by atoms with Crippen molar-refractivity contribution >= 4 is 5.97 Å². The normalized spacial score (nSPS) is 9.70. The molecule has 0 atom stereocenters. The number of aryl methyl sites for hydroxylation is 1. The average molecular weight is 141 g/mol. The van der Waals surface area contributed by atoms with Gasteiger partial charge in [-0.1, -0.05) is 5.16 Å². The van der Waals surface area contributed by atoms with E-state index in [1.807, 2.05) is 0 Å². The third kappa shape index (κ3) is 1.34. The molecule has 0 spiro atoms. The van der Waals surface area contributed by atoms with Gasteiger partial charge in [-0.05, 0) is 6.92 Å². The number of carboxylic acids is 1. The summed E-state index contributed by atoms with van der Waals surface area (Å²) < 4.78 is 4.65. The van der Waals surface area contributed by atoms with Crippen LogP contribution in [0.4, 0.5) is 0 Å². The zero-order chi connectivity index (χ0) is 7.56. The van der Waals surface area contributed by atoms with Crippen LogP contribution < -0.4 is 0 Å². The van der Waals surface area contributed by atoms with Gasteiger partial charge in [0.1, 0.15) is 5.76 Å². The minimum atomic E-state index is -0.869. The van der Waals surface area contributed by atoms with Crippen LogP contribution in [-0.4, -0.2) is 16.2 Å². The molecule has 0 saturated carbocycles. The molecule has 0 unspecified atom stereocenters. The van der Waals surface area contributed by atoms with E-state index in [-0.39, 0.29) is 6.42 Å². The molecule has 0 aliphatic rings. The highest BCUT2D eigenvalue weighted by molar-refractivity contribution is 5.70. The molecule has 4 heteroatoms. The summed E-state index contributed by atoms with van der Waals surface area (Å²) in [5.74, 6) is -0.297. The van der Waals surface area contributed by atoms with E-state index in [0.29, 0.717) is 11.3 Å². The lowest BCUT2D eigenvalue weighted by Crippen LogP contribution is -1.99. The van der Waals surface area contributed by atoms with Crippen molar-refractivity contribution in [1.29, 1.82) is 0 Å². The first kappa shape index (κ1) is 6.80. The van der Waals surface area contributed by atoms with Gasteiger partial charge in [0.25, 0.3) is 0 Å². The van der Waals surface area contributed by atoms with Crippen LogP contribution in [-0.2, 0) is 11.2 Å². The van der Waals surface area contributed by atoms with E-state index in [2.05, 4.69) is 9.68 Å². The molecule has 1 N–H and O–H groups in total. The molecule has 0 radical (unpaired) electrons. The van der Waals surface area contributed by atoms with Crippen molar-refractivity contribution in [2.45, 2.75) is 13.3 Å². The number of hydrogen-bond donors (Lipinski definition) is 1. The second-order valence-electron chi connectivity index (χ2n) is 1.98. The molecule has 1 heterocycles. The minimum Gasteiger partial charge on any atom is -0.481 e. The Morgan fingerprint density at radius 3 is 3.00 bits per heavy atom. The lowest BCUT2D eigenvalue weighted by molar-refractivity contribution is -0.136. The van der Waals surface area contributed by atoms with Crippen LogP contribution in [0.1, 0.15) is 11.3 Å². The number of rotatable bonds is 2. The molecule has 0 aliphatic carbocycles. The van der Waals surface area contributed by atoms with E-state index >= 15 is 0 Å². The summed E-state index contributed by atoms with van der Waals surface area (Å²) in [6.45, 7) is 1.69. The summed E-state index contributed by atoms with van der Waals surface area (Å²) in [5, 5.41) is 11.8. The van der Waals surface area contributed by atoms with Crippen molar-refractivity contribution in [3.05, 3.63) is 17.5 Å². The van der Waals surface area contributed by atoms with E-state index in [9.17, 15) is 4.79 Å². The van der Waals surface area contributed by atoms with Crippen molar-refractivity contribution in [2.24, 2.45) is 0 Å². The van der Waals surface area contributed by atoms with Crippen LogP contribution in [0.3, 0.4) is 0 Å². The topological polar surface area (TPSA) is 63.3 Å². The van der Waals surface area contributed by atoms with Crippen LogP contribution in [0.5, 0.6) is 0 Å². The van der Waals surface area contributed by atoms with Crippen molar-refractivity contribution in [3.63, 3.8) is 0 Å². The van der Waals surface area contributed by atoms with Gasteiger partial charge in [0, 0.05) is 5.56 Å². The molecule has 1 aromatic heterocycles. The summed E-state index contributed by atoms with van der Waals surface area (Å²) in [7, 11) is 0. The fourth-order valence-corrected chi connectivity index (χ4v) is 0.652. The molecule has 1 aromatic rings. The smallest absolute Gasteiger partial charge is 0.308 e. The van der Waals surface area contributed by atoms with Gasteiger partial charge in [0.05, 0.1) is 12.6 Å². The molecule has 10 heavy (non-hydrogen) atoms. The Morgan fingerprint density at radius 2 is 2.60 bits per heavy atom. The summed E-state index contributed by atoms with van der Waals surface area (Å²) in [6, 6.07) is 0. The van der Waals surface area contributed by atoms with Crippen molar-refractivity contribution in [3.8, 4) is 0 Å². The fourth-order valence-electron chi connectivity index (χ4n) is 0.652. The highest BCUT2D eigenvalue weighted by atomic mass is 16.5.